The summed E-state index contributed by atoms with van der Waals surface area (Å²) in [6.07, 6.45) is 5.13. The van der Waals surface area contributed by atoms with E-state index < -0.39 is 0 Å². The Morgan fingerprint density at radius 1 is 1.19 bits per heavy atom. The average molecular weight is 364 g/mol. The Balaban J connectivity index is 1.66. The van der Waals surface area contributed by atoms with Gasteiger partial charge in [0.25, 0.3) is 5.91 Å². The third-order valence-electron chi connectivity index (χ3n) is 3.90. The van der Waals surface area contributed by atoms with E-state index in [0.29, 0.717) is 23.6 Å². The van der Waals surface area contributed by atoms with E-state index in [-0.39, 0.29) is 5.91 Å². The lowest BCUT2D eigenvalue weighted by Gasteiger charge is -2.07. The summed E-state index contributed by atoms with van der Waals surface area (Å²) in [4.78, 5) is 12.3. The van der Waals surface area contributed by atoms with Crippen molar-refractivity contribution in [2.45, 2.75) is 6.54 Å². The maximum Gasteiger partial charge on any atom is 0.271 e. The maximum atomic E-state index is 12.3. The number of aromatic nitrogens is 2. The van der Waals surface area contributed by atoms with Gasteiger partial charge in [-0.1, -0.05) is 12.1 Å². The molecule has 7 heteroatoms. The molecule has 1 aromatic heterocycles. The van der Waals surface area contributed by atoms with Gasteiger partial charge in [0.2, 0.25) is 0 Å². The Hall–Kier alpha value is -3.61. The van der Waals surface area contributed by atoms with Gasteiger partial charge >= 0.3 is 0 Å². The summed E-state index contributed by atoms with van der Waals surface area (Å²) in [5.74, 6) is 0.997. The molecule has 1 heterocycles. The fraction of sp³-hybridized carbons (Fsp3) is 0.150. The summed E-state index contributed by atoms with van der Waals surface area (Å²) in [5.41, 5.74) is 4.77. The number of nitrogens with zero attached hydrogens (tertiary/aromatic N) is 3. The zero-order valence-corrected chi connectivity index (χ0v) is 15.1. The van der Waals surface area contributed by atoms with E-state index in [2.05, 4.69) is 15.6 Å². The van der Waals surface area contributed by atoms with E-state index in [1.807, 2.05) is 30.5 Å². The molecule has 0 unspecified atom stereocenters. The zero-order chi connectivity index (χ0) is 19.1. The molecule has 7 nitrogen and oxygen atoms in total. The minimum absolute atomic E-state index is 0.291. The molecule has 0 spiro atoms. The Morgan fingerprint density at radius 3 is 2.81 bits per heavy atom. The number of nitrogens with one attached hydrogen (secondary N) is 1. The van der Waals surface area contributed by atoms with E-state index in [1.54, 1.807) is 49.4 Å². The van der Waals surface area contributed by atoms with E-state index in [0.717, 1.165) is 11.1 Å². The van der Waals surface area contributed by atoms with Gasteiger partial charge in [0.05, 0.1) is 27.0 Å². The quantitative estimate of drug-likeness (QED) is 0.516. The van der Waals surface area contributed by atoms with Crippen LogP contribution in [0.5, 0.6) is 11.5 Å². The minimum Gasteiger partial charge on any atom is -0.497 e. The van der Waals surface area contributed by atoms with Gasteiger partial charge in [-0.3, -0.25) is 9.48 Å². The van der Waals surface area contributed by atoms with Crippen LogP contribution in [0.25, 0.3) is 0 Å². The van der Waals surface area contributed by atoms with Crippen LogP contribution in [0.1, 0.15) is 21.5 Å². The SMILES string of the molecule is COc1ccc(/C=N\NC(=O)c2cccc(Cn3cccn3)c2)c(OC)c1. The van der Waals surface area contributed by atoms with Crippen LogP contribution >= 0.6 is 0 Å². The highest BCUT2D eigenvalue weighted by atomic mass is 16.5. The monoisotopic (exact) mass is 364 g/mol. The Bertz CT molecular complexity index is 936. The number of hydrazone groups is 1. The number of hydrogen-bond acceptors (Lipinski definition) is 5. The first-order valence-corrected chi connectivity index (χ1v) is 8.31. The molecular formula is C20H20N4O3. The molecule has 0 aliphatic rings. The van der Waals surface area contributed by atoms with Gasteiger partial charge in [0.15, 0.2) is 0 Å². The van der Waals surface area contributed by atoms with Gasteiger partial charge in [-0.05, 0) is 35.9 Å². The Morgan fingerprint density at radius 2 is 2.07 bits per heavy atom. The lowest BCUT2D eigenvalue weighted by Crippen LogP contribution is -2.18. The van der Waals surface area contributed by atoms with Crippen molar-refractivity contribution < 1.29 is 14.3 Å². The molecule has 0 radical (unpaired) electrons. The number of carbonyl (C=O) groups is 1. The second-order valence-corrected chi connectivity index (χ2v) is 5.71. The summed E-state index contributed by atoms with van der Waals surface area (Å²) in [7, 11) is 3.15. The van der Waals surface area contributed by atoms with Gasteiger partial charge in [-0.2, -0.15) is 10.2 Å². The Labute approximate surface area is 157 Å². The second-order valence-electron chi connectivity index (χ2n) is 5.71. The van der Waals surface area contributed by atoms with Crippen LogP contribution in [0.15, 0.2) is 66.0 Å². The molecule has 138 valence electrons. The summed E-state index contributed by atoms with van der Waals surface area (Å²) >= 11 is 0. The molecule has 1 N–H and O–H groups in total. The van der Waals surface area contributed by atoms with Gasteiger partial charge in [0.1, 0.15) is 11.5 Å². The van der Waals surface area contributed by atoms with Crippen LogP contribution < -0.4 is 14.9 Å². The molecule has 27 heavy (non-hydrogen) atoms. The molecule has 3 rings (SSSR count). The second kappa shape index (κ2) is 8.66. The predicted octanol–water partition coefficient (Wildman–Crippen LogP) is 2.71. The molecule has 0 saturated heterocycles. The van der Waals surface area contributed by atoms with Gasteiger partial charge in [0, 0.05) is 29.6 Å². The molecule has 2 aromatic carbocycles. The molecule has 0 fully saturated rings. The number of methoxy groups -OCH3 is 2. The third kappa shape index (κ3) is 4.72. The van der Waals surface area contributed by atoms with Gasteiger partial charge in [-0.25, -0.2) is 5.43 Å². The highest BCUT2D eigenvalue weighted by Crippen LogP contribution is 2.23. The highest BCUT2D eigenvalue weighted by Gasteiger charge is 2.07. The van der Waals surface area contributed by atoms with Crippen molar-refractivity contribution in [3.05, 3.63) is 77.6 Å². The van der Waals surface area contributed by atoms with E-state index in [9.17, 15) is 4.79 Å². The fourth-order valence-corrected chi connectivity index (χ4v) is 2.54. The van der Waals surface area contributed by atoms with Crippen molar-refractivity contribution >= 4 is 12.1 Å². The fourth-order valence-electron chi connectivity index (χ4n) is 2.54. The minimum atomic E-state index is -0.291. The average Bonchev–Trinajstić information content (AvgIpc) is 3.21. The first kappa shape index (κ1) is 18.2. The lowest BCUT2D eigenvalue weighted by molar-refractivity contribution is 0.0955. The Kier molecular flexibility index (Phi) is 5.84. The molecule has 0 aliphatic carbocycles. The van der Waals surface area contributed by atoms with Crippen LogP contribution in [0.4, 0.5) is 0 Å². The smallest absolute Gasteiger partial charge is 0.271 e. The van der Waals surface area contributed by atoms with Crippen molar-refractivity contribution in [1.82, 2.24) is 15.2 Å². The third-order valence-corrected chi connectivity index (χ3v) is 3.90. The summed E-state index contributed by atoms with van der Waals surface area (Å²) in [6.45, 7) is 0.598. The van der Waals surface area contributed by atoms with E-state index in [1.165, 1.54) is 6.21 Å². The van der Waals surface area contributed by atoms with Crippen molar-refractivity contribution in [3.8, 4) is 11.5 Å². The lowest BCUT2D eigenvalue weighted by atomic mass is 10.1. The topological polar surface area (TPSA) is 77.7 Å². The summed E-state index contributed by atoms with van der Waals surface area (Å²) in [5, 5.41) is 8.19. The standard InChI is InChI=1S/C20H20N4O3/c1-26-18-8-7-17(19(12-18)27-2)13-21-23-20(25)16-6-3-5-15(11-16)14-24-10-4-9-22-24/h3-13H,14H2,1-2H3,(H,23,25)/b21-13-. The van der Waals surface area contributed by atoms with Crippen molar-refractivity contribution in [3.63, 3.8) is 0 Å². The van der Waals surface area contributed by atoms with Crippen molar-refractivity contribution in [2.75, 3.05) is 14.2 Å². The summed E-state index contributed by atoms with van der Waals surface area (Å²) < 4.78 is 12.3. The highest BCUT2D eigenvalue weighted by molar-refractivity contribution is 5.95. The molecule has 0 saturated carbocycles. The number of amides is 1. The molecule has 0 bridgehead atoms. The van der Waals surface area contributed by atoms with Crippen LogP contribution in [-0.2, 0) is 6.54 Å². The van der Waals surface area contributed by atoms with E-state index >= 15 is 0 Å². The number of hydrogen-bond donors (Lipinski definition) is 1. The zero-order valence-electron chi connectivity index (χ0n) is 15.1. The number of benzene rings is 2. The first-order valence-electron chi connectivity index (χ1n) is 8.31. The van der Waals surface area contributed by atoms with Crippen molar-refractivity contribution in [1.29, 1.82) is 0 Å². The number of ether oxygens (including phenoxy) is 2. The maximum absolute atomic E-state index is 12.3. The van der Waals surface area contributed by atoms with Crippen LogP contribution in [0.3, 0.4) is 0 Å². The molecule has 0 aliphatic heterocycles. The van der Waals surface area contributed by atoms with E-state index in [4.69, 9.17) is 9.47 Å². The molecule has 0 atom stereocenters. The molecular weight excluding hydrogens is 344 g/mol. The normalized spacial score (nSPS) is 10.7. The van der Waals surface area contributed by atoms with Gasteiger partial charge < -0.3 is 9.47 Å². The van der Waals surface area contributed by atoms with Crippen LogP contribution in [-0.4, -0.2) is 36.1 Å². The number of rotatable bonds is 7. The molecule has 3 aromatic rings. The molecule has 1 amide bonds. The largest absolute Gasteiger partial charge is 0.497 e. The van der Waals surface area contributed by atoms with Gasteiger partial charge in [-0.15, -0.1) is 0 Å². The van der Waals surface area contributed by atoms with Crippen LogP contribution in [0, 0.1) is 0 Å². The first-order chi connectivity index (χ1) is 13.2. The number of carbonyl (C=O) groups excluding carboxylic acids is 1. The predicted molar refractivity (Wildman–Crippen MR) is 102 cm³/mol. The van der Waals surface area contributed by atoms with Crippen molar-refractivity contribution in [2.24, 2.45) is 5.10 Å². The van der Waals surface area contributed by atoms with Crippen LogP contribution in [0.2, 0.25) is 0 Å². The summed E-state index contributed by atoms with van der Waals surface area (Å²) in [6, 6.07) is 14.6.